The zero-order valence-electron chi connectivity index (χ0n) is 9.69. The molecule has 0 radical (unpaired) electrons. The third kappa shape index (κ3) is 4.59. The first-order valence-corrected chi connectivity index (χ1v) is 5.87. The number of hydrogen-bond acceptors (Lipinski definition) is 5. The largest absolute Gasteiger partial charge is 0.444 e. The lowest BCUT2D eigenvalue weighted by Gasteiger charge is -2.20. The number of rotatable bonds is 3. The van der Waals surface area contributed by atoms with Crippen molar-refractivity contribution < 1.29 is 9.53 Å². The maximum atomic E-state index is 11.3. The molecule has 0 spiro atoms. The number of aromatic nitrogens is 1. The van der Waals surface area contributed by atoms with Crippen molar-refractivity contribution in [3.8, 4) is 0 Å². The molecule has 0 saturated carbocycles. The van der Waals surface area contributed by atoms with Crippen LogP contribution in [0.15, 0.2) is 11.7 Å². The van der Waals surface area contributed by atoms with Gasteiger partial charge in [0.25, 0.3) is 0 Å². The molecule has 6 heteroatoms. The van der Waals surface area contributed by atoms with Gasteiger partial charge in [0.05, 0.1) is 11.6 Å². The lowest BCUT2D eigenvalue weighted by atomic mass is 10.2. The van der Waals surface area contributed by atoms with E-state index < -0.39 is 11.7 Å². The first-order chi connectivity index (χ1) is 7.38. The second-order valence-electron chi connectivity index (χ2n) is 4.39. The maximum Gasteiger partial charge on any atom is 0.407 e. The van der Waals surface area contributed by atoms with E-state index in [0.717, 1.165) is 4.88 Å². The Balaban J connectivity index is 2.32. The number of hydrogen-bond donors (Lipinski definition) is 2. The number of carbonyl (C=O) groups is 1. The molecule has 0 saturated heterocycles. The van der Waals surface area contributed by atoms with Gasteiger partial charge in [0.1, 0.15) is 5.60 Å². The summed E-state index contributed by atoms with van der Waals surface area (Å²) in [7, 11) is 0. The number of amides is 1. The normalized spacial score (nSPS) is 13.2. The van der Waals surface area contributed by atoms with Crippen molar-refractivity contribution in [2.45, 2.75) is 32.4 Å². The van der Waals surface area contributed by atoms with Gasteiger partial charge in [0.2, 0.25) is 0 Å². The second-order valence-corrected chi connectivity index (χ2v) is 5.31. The van der Waals surface area contributed by atoms with Gasteiger partial charge < -0.3 is 15.8 Å². The van der Waals surface area contributed by atoms with E-state index in [-0.39, 0.29) is 6.04 Å². The number of nitrogens with one attached hydrogen (secondary N) is 1. The Labute approximate surface area is 99.0 Å². The Hall–Kier alpha value is -1.14. The summed E-state index contributed by atoms with van der Waals surface area (Å²) in [6.45, 7) is 5.79. The van der Waals surface area contributed by atoms with E-state index in [1.165, 1.54) is 11.3 Å². The Morgan fingerprint density at radius 2 is 2.38 bits per heavy atom. The number of alkyl carbamates (subject to hydrolysis) is 1. The van der Waals surface area contributed by atoms with Crippen LogP contribution in [0.5, 0.6) is 0 Å². The molecule has 0 aromatic carbocycles. The number of thiazole rings is 1. The van der Waals surface area contributed by atoms with E-state index >= 15 is 0 Å². The van der Waals surface area contributed by atoms with Gasteiger partial charge in [0, 0.05) is 17.6 Å². The Morgan fingerprint density at radius 1 is 1.69 bits per heavy atom. The van der Waals surface area contributed by atoms with Crippen molar-refractivity contribution in [1.82, 2.24) is 10.3 Å². The van der Waals surface area contributed by atoms with Crippen molar-refractivity contribution >= 4 is 17.4 Å². The second kappa shape index (κ2) is 5.27. The number of ether oxygens (including phenoxy) is 1. The lowest BCUT2D eigenvalue weighted by Crippen LogP contribution is -2.36. The average molecular weight is 243 g/mol. The molecular weight excluding hydrogens is 226 g/mol. The predicted molar refractivity (Wildman–Crippen MR) is 63.3 cm³/mol. The van der Waals surface area contributed by atoms with Crippen molar-refractivity contribution in [2.24, 2.45) is 5.73 Å². The van der Waals surface area contributed by atoms with Crippen molar-refractivity contribution in [2.75, 3.05) is 6.54 Å². The summed E-state index contributed by atoms with van der Waals surface area (Å²) >= 11 is 1.47. The van der Waals surface area contributed by atoms with Crippen LogP contribution in [0, 0.1) is 0 Å². The Kier molecular flexibility index (Phi) is 4.26. The van der Waals surface area contributed by atoms with Crippen LogP contribution < -0.4 is 11.1 Å². The monoisotopic (exact) mass is 243 g/mol. The highest BCUT2D eigenvalue weighted by Gasteiger charge is 2.17. The molecule has 0 aliphatic carbocycles. The van der Waals surface area contributed by atoms with Crippen LogP contribution in [-0.2, 0) is 4.74 Å². The number of nitrogens with zero attached hydrogens (tertiary/aromatic N) is 1. The van der Waals surface area contributed by atoms with Crippen molar-refractivity contribution in [3.05, 3.63) is 16.6 Å². The molecule has 3 N–H and O–H groups in total. The molecule has 1 amide bonds. The Bertz CT molecular complexity index is 332. The van der Waals surface area contributed by atoms with Gasteiger partial charge in [-0.25, -0.2) is 4.79 Å². The minimum atomic E-state index is -0.487. The van der Waals surface area contributed by atoms with E-state index in [0.29, 0.717) is 6.54 Å². The van der Waals surface area contributed by atoms with E-state index in [2.05, 4.69) is 10.3 Å². The molecular formula is C10H17N3O2S. The number of nitrogens with two attached hydrogens (primary N) is 1. The summed E-state index contributed by atoms with van der Waals surface area (Å²) < 4.78 is 5.09. The van der Waals surface area contributed by atoms with Crippen LogP contribution in [0.1, 0.15) is 31.7 Å². The number of carbonyl (C=O) groups excluding carboxylic acids is 1. The molecule has 1 heterocycles. The molecule has 16 heavy (non-hydrogen) atoms. The van der Waals surface area contributed by atoms with E-state index in [1.807, 2.05) is 20.8 Å². The van der Waals surface area contributed by atoms with Gasteiger partial charge in [-0.1, -0.05) is 0 Å². The molecule has 1 aromatic rings. The molecule has 5 nitrogen and oxygen atoms in total. The van der Waals surface area contributed by atoms with Gasteiger partial charge in [0.15, 0.2) is 0 Å². The molecule has 0 fully saturated rings. The molecule has 1 atom stereocenters. The van der Waals surface area contributed by atoms with Crippen molar-refractivity contribution in [1.29, 1.82) is 0 Å². The predicted octanol–water partition coefficient (Wildman–Crippen LogP) is 1.67. The molecule has 0 aliphatic heterocycles. The highest BCUT2D eigenvalue weighted by atomic mass is 32.1. The fraction of sp³-hybridized carbons (Fsp3) is 0.600. The maximum absolute atomic E-state index is 11.3. The third-order valence-electron chi connectivity index (χ3n) is 1.68. The van der Waals surface area contributed by atoms with Crippen LogP contribution in [0.25, 0.3) is 0 Å². The van der Waals surface area contributed by atoms with Crippen molar-refractivity contribution in [3.63, 3.8) is 0 Å². The molecule has 1 aromatic heterocycles. The van der Waals surface area contributed by atoms with E-state index in [1.54, 1.807) is 11.7 Å². The van der Waals surface area contributed by atoms with Crippen LogP contribution in [0.2, 0.25) is 0 Å². The zero-order chi connectivity index (χ0) is 12.2. The first-order valence-electron chi connectivity index (χ1n) is 4.99. The van der Waals surface area contributed by atoms with Crippen LogP contribution in [0.3, 0.4) is 0 Å². The van der Waals surface area contributed by atoms with Crippen LogP contribution in [0.4, 0.5) is 4.79 Å². The highest BCUT2D eigenvalue weighted by molar-refractivity contribution is 7.09. The van der Waals surface area contributed by atoms with E-state index in [4.69, 9.17) is 10.5 Å². The van der Waals surface area contributed by atoms with Gasteiger partial charge in [-0.15, -0.1) is 11.3 Å². The Morgan fingerprint density at radius 3 is 2.88 bits per heavy atom. The SMILES string of the molecule is CC(C)(C)OC(=O)NCC(N)c1cncs1. The fourth-order valence-corrected chi connectivity index (χ4v) is 1.64. The van der Waals surface area contributed by atoms with Crippen LogP contribution in [-0.4, -0.2) is 23.2 Å². The smallest absolute Gasteiger partial charge is 0.407 e. The summed E-state index contributed by atoms with van der Waals surface area (Å²) in [6, 6.07) is -0.236. The van der Waals surface area contributed by atoms with Gasteiger partial charge in [-0.2, -0.15) is 0 Å². The summed E-state index contributed by atoms with van der Waals surface area (Å²) in [5.74, 6) is 0. The third-order valence-corrected chi connectivity index (χ3v) is 2.59. The minimum absolute atomic E-state index is 0.236. The van der Waals surface area contributed by atoms with Gasteiger partial charge in [-0.3, -0.25) is 4.98 Å². The summed E-state index contributed by atoms with van der Waals surface area (Å²) in [5.41, 5.74) is 7.08. The van der Waals surface area contributed by atoms with Gasteiger partial charge >= 0.3 is 6.09 Å². The lowest BCUT2D eigenvalue weighted by molar-refractivity contribution is 0.0524. The highest BCUT2D eigenvalue weighted by Crippen LogP contribution is 2.13. The molecule has 1 rings (SSSR count). The quantitative estimate of drug-likeness (QED) is 0.846. The average Bonchev–Trinajstić information content (AvgIpc) is 2.64. The molecule has 90 valence electrons. The van der Waals surface area contributed by atoms with Crippen LogP contribution >= 0.6 is 11.3 Å². The topological polar surface area (TPSA) is 77.2 Å². The minimum Gasteiger partial charge on any atom is -0.444 e. The standard InChI is InChI=1S/C10H17N3O2S/c1-10(2,3)15-9(14)13-4-7(11)8-5-12-6-16-8/h5-7H,4,11H2,1-3H3,(H,13,14). The molecule has 0 aliphatic rings. The first kappa shape index (κ1) is 12.9. The summed E-state index contributed by atoms with van der Waals surface area (Å²) in [5, 5.41) is 2.62. The fourth-order valence-electron chi connectivity index (χ4n) is 1.02. The zero-order valence-corrected chi connectivity index (χ0v) is 10.5. The molecule has 1 unspecified atom stereocenters. The summed E-state index contributed by atoms with van der Waals surface area (Å²) in [4.78, 5) is 16.2. The van der Waals surface area contributed by atoms with E-state index in [9.17, 15) is 4.79 Å². The molecule has 0 bridgehead atoms. The van der Waals surface area contributed by atoms with Gasteiger partial charge in [-0.05, 0) is 20.8 Å². The summed E-state index contributed by atoms with van der Waals surface area (Å²) in [6.07, 6.45) is 1.25.